The van der Waals surface area contributed by atoms with Crippen LogP contribution in [-0.4, -0.2) is 5.91 Å². The summed E-state index contributed by atoms with van der Waals surface area (Å²) < 4.78 is 0. The molecular formula is C14H11Cl3N2O. The van der Waals surface area contributed by atoms with E-state index in [1.165, 1.54) is 12.1 Å². The van der Waals surface area contributed by atoms with Crippen LogP contribution in [0.1, 0.15) is 5.56 Å². The molecule has 6 heteroatoms. The maximum absolute atomic E-state index is 12.0. The molecule has 0 atom stereocenters. The van der Waals surface area contributed by atoms with Crippen LogP contribution >= 0.6 is 34.8 Å². The van der Waals surface area contributed by atoms with Gasteiger partial charge in [0.05, 0.1) is 27.2 Å². The van der Waals surface area contributed by atoms with Gasteiger partial charge in [0.2, 0.25) is 5.91 Å². The van der Waals surface area contributed by atoms with Crippen molar-refractivity contribution >= 4 is 52.1 Å². The Kier molecular flexibility index (Phi) is 4.76. The average molecular weight is 330 g/mol. The maximum Gasteiger partial charge on any atom is 0.228 e. The second kappa shape index (κ2) is 6.35. The number of nitrogen functional groups attached to an aromatic ring is 1. The van der Waals surface area contributed by atoms with Gasteiger partial charge in [-0.1, -0.05) is 46.9 Å². The first-order chi connectivity index (χ1) is 9.45. The van der Waals surface area contributed by atoms with Crippen molar-refractivity contribution in [2.24, 2.45) is 0 Å². The molecule has 0 aliphatic carbocycles. The number of rotatable bonds is 3. The fraction of sp³-hybridized carbons (Fsp3) is 0.0714. The number of carbonyl (C=O) groups is 1. The van der Waals surface area contributed by atoms with Crippen molar-refractivity contribution in [1.82, 2.24) is 0 Å². The number of anilines is 2. The van der Waals surface area contributed by atoms with E-state index in [0.29, 0.717) is 26.4 Å². The minimum absolute atomic E-state index is 0.196. The van der Waals surface area contributed by atoms with E-state index in [2.05, 4.69) is 5.32 Å². The van der Waals surface area contributed by atoms with Crippen LogP contribution in [0.3, 0.4) is 0 Å². The van der Waals surface area contributed by atoms with Crippen molar-refractivity contribution < 1.29 is 4.79 Å². The lowest BCUT2D eigenvalue weighted by Gasteiger charge is -2.09. The molecule has 20 heavy (non-hydrogen) atoms. The lowest BCUT2D eigenvalue weighted by atomic mass is 10.1. The normalized spacial score (nSPS) is 10.3. The molecule has 0 radical (unpaired) electrons. The van der Waals surface area contributed by atoms with Crippen molar-refractivity contribution in [2.75, 3.05) is 11.1 Å². The first kappa shape index (κ1) is 15.0. The Balaban J connectivity index is 2.10. The molecule has 0 aliphatic rings. The highest BCUT2D eigenvalue weighted by atomic mass is 35.5. The van der Waals surface area contributed by atoms with Crippen molar-refractivity contribution in [2.45, 2.75) is 6.42 Å². The van der Waals surface area contributed by atoms with E-state index in [1.807, 2.05) is 6.07 Å². The van der Waals surface area contributed by atoms with Gasteiger partial charge in [-0.05, 0) is 29.8 Å². The number of benzene rings is 2. The van der Waals surface area contributed by atoms with Gasteiger partial charge in [0.1, 0.15) is 0 Å². The molecule has 0 fully saturated rings. The Morgan fingerprint density at radius 1 is 1.05 bits per heavy atom. The summed E-state index contributed by atoms with van der Waals surface area (Å²) in [5, 5.41) is 3.69. The largest absolute Gasteiger partial charge is 0.399 e. The van der Waals surface area contributed by atoms with E-state index in [4.69, 9.17) is 40.5 Å². The number of halogens is 3. The Bertz CT molecular complexity index is 659. The van der Waals surface area contributed by atoms with Crippen molar-refractivity contribution in [3.05, 3.63) is 57.0 Å². The van der Waals surface area contributed by atoms with E-state index < -0.39 is 0 Å². The van der Waals surface area contributed by atoms with Gasteiger partial charge in [-0.25, -0.2) is 0 Å². The van der Waals surface area contributed by atoms with E-state index in [0.717, 1.165) is 5.56 Å². The van der Waals surface area contributed by atoms with Crippen LogP contribution in [0.15, 0.2) is 36.4 Å². The summed E-state index contributed by atoms with van der Waals surface area (Å²) in [6, 6.07) is 10.1. The fourth-order valence-electron chi connectivity index (χ4n) is 1.70. The van der Waals surface area contributed by atoms with Gasteiger partial charge in [0.15, 0.2) is 0 Å². The molecule has 0 aliphatic heterocycles. The Morgan fingerprint density at radius 3 is 2.45 bits per heavy atom. The number of hydrogen-bond acceptors (Lipinski definition) is 2. The monoisotopic (exact) mass is 328 g/mol. The highest BCUT2D eigenvalue weighted by molar-refractivity contribution is 6.44. The number of amides is 1. The van der Waals surface area contributed by atoms with Crippen molar-refractivity contribution in [3.8, 4) is 0 Å². The Hall–Kier alpha value is -1.42. The molecule has 1 amide bonds. The van der Waals surface area contributed by atoms with Gasteiger partial charge < -0.3 is 11.1 Å². The van der Waals surface area contributed by atoms with Crippen LogP contribution in [-0.2, 0) is 11.2 Å². The van der Waals surface area contributed by atoms with Crippen LogP contribution in [0.5, 0.6) is 0 Å². The molecule has 0 saturated heterocycles. The van der Waals surface area contributed by atoms with E-state index in [1.54, 1.807) is 18.2 Å². The summed E-state index contributed by atoms with van der Waals surface area (Å²) in [5.74, 6) is -0.212. The molecule has 2 aromatic carbocycles. The van der Waals surface area contributed by atoms with Crippen LogP contribution < -0.4 is 11.1 Å². The molecule has 104 valence electrons. The first-order valence-electron chi connectivity index (χ1n) is 5.74. The second-order valence-electron chi connectivity index (χ2n) is 4.22. The third-order valence-corrected chi connectivity index (χ3v) is 3.63. The average Bonchev–Trinajstić information content (AvgIpc) is 2.36. The lowest BCUT2D eigenvalue weighted by Crippen LogP contribution is -2.14. The third kappa shape index (κ3) is 3.79. The number of nitrogens with two attached hydrogens (primary N) is 1. The second-order valence-corrected chi connectivity index (χ2v) is 5.44. The van der Waals surface area contributed by atoms with Crippen molar-refractivity contribution in [1.29, 1.82) is 0 Å². The third-order valence-electron chi connectivity index (χ3n) is 2.60. The summed E-state index contributed by atoms with van der Waals surface area (Å²) in [7, 11) is 0. The predicted molar refractivity (Wildman–Crippen MR) is 84.7 cm³/mol. The SMILES string of the molecule is Nc1cccc(CC(=O)Nc2cc(Cl)c(Cl)cc2Cl)c1. The van der Waals surface area contributed by atoms with Gasteiger partial charge in [0, 0.05) is 5.69 Å². The molecule has 0 aromatic heterocycles. The topological polar surface area (TPSA) is 55.1 Å². The molecular weight excluding hydrogens is 319 g/mol. The summed E-state index contributed by atoms with van der Waals surface area (Å²) >= 11 is 17.7. The quantitative estimate of drug-likeness (QED) is 0.647. The highest BCUT2D eigenvalue weighted by Gasteiger charge is 2.10. The molecule has 3 N–H and O–H groups in total. The highest BCUT2D eigenvalue weighted by Crippen LogP contribution is 2.32. The van der Waals surface area contributed by atoms with Crippen LogP contribution in [0, 0.1) is 0 Å². The Morgan fingerprint density at radius 2 is 1.75 bits per heavy atom. The van der Waals surface area contributed by atoms with Crippen LogP contribution in [0.4, 0.5) is 11.4 Å². The molecule has 2 aromatic rings. The summed E-state index contributed by atoms with van der Waals surface area (Å²) in [4.78, 5) is 12.0. The van der Waals surface area contributed by atoms with Gasteiger partial charge >= 0.3 is 0 Å². The van der Waals surface area contributed by atoms with E-state index >= 15 is 0 Å². The van der Waals surface area contributed by atoms with Gasteiger partial charge in [-0.2, -0.15) is 0 Å². The zero-order valence-electron chi connectivity index (χ0n) is 10.3. The lowest BCUT2D eigenvalue weighted by molar-refractivity contribution is -0.115. The first-order valence-corrected chi connectivity index (χ1v) is 6.88. The number of hydrogen-bond donors (Lipinski definition) is 2. The van der Waals surface area contributed by atoms with Gasteiger partial charge in [-0.3, -0.25) is 4.79 Å². The smallest absolute Gasteiger partial charge is 0.228 e. The minimum atomic E-state index is -0.212. The summed E-state index contributed by atoms with van der Waals surface area (Å²) in [6.45, 7) is 0. The molecule has 0 bridgehead atoms. The number of nitrogens with one attached hydrogen (secondary N) is 1. The zero-order valence-corrected chi connectivity index (χ0v) is 12.6. The molecule has 0 unspecified atom stereocenters. The van der Waals surface area contributed by atoms with Crippen LogP contribution in [0.2, 0.25) is 15.1 Å². The maximum atomic E-state index is 12.0. The Labute approximate surface area is 131 Å². The van der Waals surface area contributed by atoms with Crippen molar-refractivity contribution in [3.63, 3.8) is 0 Å². The molecule has 2 rings (SSSR count). The fourth-order valence-corrected chi connectivity index (χ4v) is 2.30. The van der Waals surface area contributed by atoms with Crippen LogP contribution in [0.25, 0.3) is 0 Å². The summed E-state index contributed by atoms with van der Waals surface area (Å²) in [6.07, 6.45) is 0.196. The minimum Gasteiger partial charge on any atom is -0.399 e. The standard InChI is InChI=1S/C14H11Cl3N2O/c15-10-6-12(17)13(7-11(10)16)19-14(20)5-8-2-1-3-9(18)4-8/h1-4,6-7H,5,18H2,(H,19,20). The zero-order chi connectivity index (χ0) is 14.7. The van der Waals surface area contributed by atoms with E-state index in [9.17, 15) is 4.79 Å². The predicted octanol–water partition coefficient (Wildman–Crippen LogP) is 4.41. The molecule has 0 spiro atoms. The molecule has 3 nitrogen and oxygen atoms in total. The van der Waals surface area contributed by atoms with Gasteiger partial charge in [-0.15, -0.1) is 0 Å². The van der Waals surface area contributed by atoms with Gasteiger partial charge in [0.25, 0.3) is 0 Å². The van der Waals surface area contributed by atoms with E-state index in [-0.39, 0.29) is 12.3 Å². The molecule has 0 saturated carbocycles. The molecule has 0 heterocycles. The number of carbonyl (C=O) groups excluding carboxylic acids is 1. The summed E-state index contributed by atoms with van der Waals surface area (Å²) in [5.41, 5.74) is 7.52.